The third-order valence-electron chi connectivity index (χ3n) is 4.52. The number of ether oxygens (including phenoxy) is 4. The molecule has 9 heteroatoms. The van der Waals surface area contributed by atoms with Gasteiger partial charge in [-0.15, -0.1) is 0 Å². The SMILES string of the molecule is COc1ccc(Cl)cc1NC(=O)[C@@H](C)OC(=O)CCC(=O)c1ccc2c(c1)OCCO2. The minimum Gasteiger partial charge on any atom is -0.495 e. The van der Waals surface area contributed by atoms with Crippen LogP contribution in [0.5, 0.6) is 17.2 Å². The van der Waals surface area contributed by atoms with Gasteiger partial charge in [0.05, 0.1) is 19.2 Å². The lowest BCUT2D eigenvalue weighted by molar-refractivity contribution is -0.153. The second-order valence-electron chi connectivity index (χ2n) is 6.75. The number of nitrogens with one attached hydrogen (secondary N) is 1. The molecular formula is C22H22ClNO7. The quantitative estimate of drug-likeness (QED) is 0.487. The molecule has 0 saturated heterocycles. The second kappa shape index (κ2) is 10.2. The Balaban J connectivity index is 1.50. The normalized spacial score (nSPS) is 13.1. The van der Waals surface area contributed by atoms with Crippen molar-refractivity contribution in [2.75, 3.05) is 25.6 Å². The topological polar surface area (TPSA) is 100 Å². The minimum atomic E-state index is -1.07. The Morgan fingerprint density at radius 3 is 2.55 bits per heavy atom. The van der Waals surface area contributed by atoms with Crippen LogP contribution >= 0.6 is 11.6 Å². The van der Waals surface area contributed by atoms with Crippen LogP contribution in [0, 0.1) is 0 Å². The molecule has 0 unspecified atom stereocenters. The first-order valence-corrected chi connectivity index (χ1v) is 10.0. The molecule has 2 aromatic rings. The Bertz CT molecular complexity index is 992. The Kier molecular flexibility index (Phi) is 7.36. The van der Waals surface area contributed by atoms with Crippen LogP contribution in [0.15, 0.2) is 36.4 Å². The lowest BCUT2D eigenvalue weighted by Crippen LogP contribution is -2.30. The number of anilines is 1. The maximum atomic E-state index is 12.4. The highest BCUT2D eigenvalue weighted by atomic mass is 35.5. The van der Waals surface area contributed by atoms with Crippen LogP contribution in [0.25, 0.3) is 0 Å². The number of carbonyl (C=O) groups is 3. The van der Waals surface area contributed by atoms with Gasteiger partial charge in [0.25, 0.3) is 5.91 Å². The lowest BCUT2D eigenvalue weighted by atomic mass is 10.1. The van der Waals surface area contributed by atoms with Crippen LogP contribution in [0.4, 0.5) is 5.69 Å². The number of carbonyl (C=O) groups excluding carboxylic acids is 3. The van der Waals surface area contributed by atoms with Gasteiger partial charge in [-0.1, -0.05) is 11.6 Å². The summed E-state index contributed by atoms with van der Waals surface area (Å²) in [5.74, 6) is 0.0504. The van der Waals surface area contributed by atoms with Crippen molar-refractivity contribution in [1.29, 1.82) is 0 Å². The van der Waals surface area contributed by atoms with Gasteiger partial charge in [-0.3, -0.25) is 14.4 Å². The average molecular weight is 448 g/mol. The van der Waals surface area contributed by atoms with Gasteiger partial charge in [0, 0.05) is 17.0 Å². The molecular weight excluding hydrogens is 426 g/mol. The highest BCUT2D eigenvalue weighted by molar-refractivity contribution is 6.31. The molecule has 1 atom stereocenters. The lowest BCUT2D eigenvalue weighted by Gasteiger charge is -2.18. The predicted molar refractivity (Wildman–Crippen MR) is 113 cm³/mol. The second-order valence-corrected chi connectivity index (χ2v) is 7.18. The van der Waals surface area contributed by atoms with E-state index in [9.17, 15) is 14.4 Å². The maximum absolute atomic E-state index is 12.4. The molecule has 0 spiro atoms. The number of hydrogen-bond donors (Lipinski definition) is 1. The summed E-state index contributed by atoms with van der Waals surface area (Å²) in [4.78, 5) is 36.8. The first kappa shape index (κ1) is 22.4. The molecule has 0 radical (unpaired) electrons. The van der Waals surface area contributed by atoms with E-state index < -0.39 is 18.0 Å². The van der Waals surface area contributed by atoms with E-state index in [1.54, 1.807) is 30.3 Å². The first-order valence-electron chi connectivity index (χ1n) is 9.64. The first-order chi connectivity index (χ1) is 14.9. The summed E-state index contributed by atoms with van der Waals surface area (Å²) >= 11 is 5.94. The molecule has 2 aromatic carbocycles. The van der Waals surface area contributed by atoms with Crippen molar-refractivity contribution in [2.45, 2.75) is 25.9 Å². The summed E-state index contributed by atoms with van der Waals surface area (Å²) in [6.45, 7) is 2.31. The van der Waals surface area contributed by atoms with Crippen LogP contribution in [0.1, 0.15) is 30.1 Å². The largest absolute Gasteiger partial charge is 0.495 e. The molecule has 3 rings (SSSR count). The summed E-state index contributed by atoms with van der Waals surface area (Å²) in [5, 5.41) is 3.02. The van der Waals surface area contributed by atoms with E-state index in [1.165, 1.54) is 20.1 Å². The molecule has 1 aliphatic rings. The van der Waals surface area contributed by atoms with Gasteiger partial charge in [0.15, 0.2) is 23.4 Å². The fraction of sp³-hybridized carbons (Fsp3) is 0.318. The Labute approximate surface area is 184 Å². The number of fused-ring (bicyclic) bond motifs is 1. The van der Waals surface area contributed by atoms with E-state index in [-0.39, 0.29) is 18.6 Å². The number of rotatable bonds is 8. The molecule has 1 aliphatic heterocycles. The number of amides is 1. The van der Waals surface area contributed by atoms with Crippen molar-refractivity contribution in [3.05, 3.63) is 47.0 Å². The van der Waals surface area contributed by atoms with Gasteiger partial charge >= 0.3 is 5.97 Å². The molecule has 1 amide bonds. The zero-order valence-corrected chi connectivity index (χ0v) is 17.9. The molecule has 0 saturated carbocycles. The number of Topliss-reactive ketones (excluding diaryl/α,β-unsaturated/α-hetero) is 1. The van der Waals surface area contributed by atoms with E-state index >= 15 is 0 Å². The minimum absolute atomic E-state index is 0.0606. The van der Waals surface area contributed by atoms with Crippen molar-refractivity contribution in [3.8, 4) is 17.2 Å². The van der Waals surface area contributed by atoms with Crippen LogP contribution in [-0.2, 0) is 14.3 Å². The number of methoxy groups -OCH3 is 1. The van der Waals surface area contributed by atoms with Crippen molar-refractivity contribution in [1.82, 2.24) is 0 Å². The van der Waals surface area contributed by atoms with Crippen LogP contribution < -0.4 is 19.5 Å². The van der Waals surface area contributed by atoms with E-state index in [1.807, 2.05) is 0 Å². The third-order valence-corrected chi connectivity index (χ3v) is 4.75. The van der Waals surface area contributed by atoms with Gasteiger partial charge in [-0.05, 0) is 43.3 Å². The third kappa shape index (κ3) is 5.88. The highest BCUT2D eigenvalue weighted by Gasteiger charge is 2.21. The van der Waals surface area contributed by atoms with E-state index in [0.717, 1.165) is 0 Å². The van der Waals surface area contributed by atoms with E-state index in [4.69, 9.17) is 30.5 Å². The maximum Gasteiger partial charge on any atom is 0.307 e. The number of benzene rings is 2. The summed E-state index contributed by atoms with van der Waals surface area (Å²) in [6.07, 6.45) is -1.29. The molecule has 31 heavy (non-hydrogen) atoms. The fourth-order valence-electron chi connectivity index (χ4n) is 2.90. The van der Waals surface area contributed by atoms with Crippen molar-refractivity contribution in [2.24, 2.45) is 0 Å². The molecule has 1 heterocycles. The van der Waals surface area contributed by atoms with Crippen molar-refractivity contribution < 1.29 is 33.3 Å². The number of hydrogen-bond acceptors (Lipinski definition) is 7. The molecule has 1 N–H and O–H groups in total. The van der Waals surface area contributed by atoms with Gasteiger partial charge < -0.3 is 24.3 Å². The molecule has 0 bridgehead atoms. The molecule has 0 fully saturated rings. The summed E-state index contributed by atoms with van der Waals surface area (Å²) in [6, 6.07) is 9.64. The number of ketones is 1. The zero-order valence-electron chi connectivity index (χ0n) is 17.1. The standard InChI is InChI=1S/C22H22ClNO7/c1-13(22(27)24-16-12-15(23)4-7-18(16)28-2)31-21(26)8-5-17(25)14-3-6-19-20(11-14)30-10-9-29-19/h3-4,6-7,11-13H,5,8-10H2,1-2H3,(H,24,27)/t13-/m1/s1. The Hall–Kier alpha value is -3.26. The molecule has 164 valence electrons. The van der Waals surface area contributed by atoms with Crippen LogP contribution in [-0.4, -0.2) is 44.1 Å². The van der Waals surface area contributed by atoms with Gasteiger partial charge in [-0.2, -0.15) is 0 Å². The van der Waals surface area contributed by atoms with Gasteiger partial charge in [0.2, 0.25) is 0 Å². The molecule has 0 aliphatic carbocycles. The van der Waals surface area contributed by atoms with Crippen molar-refractivity contribution in [3.63, 3.8) is 0 Å². The Morgan fingerprint density at radius 2 is 1.81 bits per heavy atom. The van der Waals surface area contributed by atoms with Crippen LogP contribution in [0.2, 0.25) is 5.02 Å². The van der Waals surface area contributed by atoms with E-state index in [2.05, 4.69) is 5.32 Å². The summed E-state index contributed by atoms with van der Waals surface area (Å²) < 4.78 is 21.2. The zero-order chi connectivity index (χ0) is 22.4. The highest BCUT2D eigenvalue weighted by Crippen LogP contribution is 2.31. The van der Waals surface area contributed by atoms with E-state index in [0.29, 0.717) is 46.7 Å². The van der Waals surface area contributed by atoms with Crippen LogP contribution in [0.3, 0.4) is 0 Å². The monoisotopic (exact) mass is 447 g/mol. The fourth-order valence-corrected chi connectivity index (χ4v) is 3.07. The summed E-state index contributed by atoms with van der Waals surface area (Å²) in [7, 11) is 1.46. The average Bonchev–Trinajstić information content (AvgIpc) is 2.77. The number of halogens is 1. The smallest absolute Gasteiger partial charge is 0.307 e. The molecule has 8 nitrogen and oxygen atoms in total. The molecule has 0 aromatic heterocycles. The number of esters is 1. The van der Waals surface area contributed by atoms with Crippen molar-refractivity contribution >= 4 is 34.9 Å². The predicted octanol–water partition coefficient (Wildman–Crippen LogP) is 3.65. The Morgan fingerprint density at radius 1 is 1.06 bits per heavy atom. The van der Waals surface area contributed by atoms with Gasteiger partial charge in [0.1, 0.15) is 19.0 Å². The van der Waals surface area contributed by atoms with Gasteiger partial charge in [-0.25, -0.2) is 0 Å². The summed E-state index contributed by atoms with van der Waals surface area (Å²) in [5.41, 5.74) is 0.771.